The summed E-state index contributed by atoms with van der Waals surface area (Å²) in [5, 5.41) is 5.47. The van der Waals surface area contributed by atoms with E-state index >= 15 is 0 Å². The zero-order chi connectivity index (χ0) is 22.2. The van der Waals surface area contributed by atoms with Gasteiger partial charge in [-0.1, -0.05) is 25.0 Å². The van der Waals surface area contributed by atoms with Gasteiger partial charge in [0, 0.05) is 13.1 Å². The molecular formula is C22H28N4O5. The van der Waals surface area contributed by atoms with Crippen molar-refractivity contribution in [3.63, 3.8) is 0 Å². The van der Waals surface area contributed by atoms with Crippen LogP contribution in [0.4, 0.5) is 10.5 Å². The number of rotatable bonds is 4. The Morgan fingerprint density at radius 3 is 2.45 bits per heavy atom. The van der Waals surface area contributed by atoms with Crippen LogP contribution < -0.4 is 10.6 Å². The summed E-state index contributed by atoms with van der Waals surface area (Å²) >= 11 is 0. The third kappa shape index (κ3) is 4.14. The summed E-state index contributed by atoms with van der Waals surface area (Å²) in [7, 11) is 0. The molecule has 0 bridgehead atoms. The molecule has 2 heterocycles. The van der Waals surface area contributed by atoms with Gasteiger partial charge >= 0.3 is 6.03 Å². The summed E-state index contributed by atoms with van der Waals surface area (Å²) in [5.41, 5.74) is -0.136. The highest BCUT2D eigenvalue weighted by atomic mass is 16.5. The average molecular weight is 428 g/mol. The second-order valence-corrected chi connectivity index (χ2v) is 8.67. The Morgan fingerprint density at radius 1 is 1.13 bits per heavy atom. The van der Waals surface area contributed by atoms with E-state index in [1.54, 1.807) is 29.2 Å². The molecule has 5 amide bonds. The third-order valence-corrected chi connectivity index (χ3v) is 6.14. The number of hydrogen-bond acceptors (Lipinski definition) is 5. The quantitative estimate of drug-likeness (QED) is 0.711. The lowest BCUT2D eigenvalue weighted by Crippen LogP contribution is -2.48. The minimum Gasteiger partial charge on any atom is -0.372 e. The molecule has 1 aromatic carbocycles. The molecule has 0 radical (unpaired) electrons. The van der Waals surface area contributed by atoms with E-state index in [-0.39, 0.29) is 30.6 Å². The minimum absolute atomic E-state index is 0.0722. The van der Waals surface area contributed by atoms with E-state index < -0.39 is 17.5 Å². The number of benzene rings is 1. The lowest BCUT2D eigenvalue weighted by molar-refractivity contribution is -0.133. The number of imide groups is 1. The van der Waals surface area contributed by atoms with E-state index in [9.17, 15) is 19.2 Å². The molecule has 1 saturated carbocycles. The Balaban J connectivity index is 1.45. The molecule has 2 aliphatic heterocycles. The van der Waals surface area contributed by atoms with E-state index in [4.69, 9.17) is 4.74 Å². The maximum Gasteiger partial charge on any atom is 0.325 e. The molecule has 9 nitrogen and oxygen atoms in total. The standard InChI is InChI=1S/C22H28N4O5/c1-14-11-25(12-15(2)31-14)19(28)16-7-3-4-8-17(16)23-18(27)13-26-20(29)22(24-21(26)30)9-5-6-10-22/h3-4,7-8,14-15H,5-6,9-13H2,1-2H3,(H,23,27)(H,24,30)/t14-,15-/m0/s1. The number of morpholine rings is 1. The van der Waals surface area contributed by atoms with Crippen molar-refractivity contribution in [1.82, 2.24) is 15.1 Å². The monoisotopic (exact) mass is 428 g/mol. The number of nitrogens with zero attached hydrogens (tertiary/aromatic N) is 2. The zero-order valence-electron chi connectivity index (χ0n) is 17.8. The first-order valence-corrected chi connectivity index (χ1v) is 10.8. The highest BCUT2D eigenvalue weighted by molar-refractivity contribution is 6.11. The maximum absolute atomic E-state index is 13.1. The Kier molecular flexibility index (Phi) is 5.70. The Labute approximate surface area is 181 Å². The molecule has 9 heteroatoms. The first-order chi connectivity index (χ1) is 14.8. The average Bonchev–Trinajstić information content (AvgIpc) is 3.28. The van der Waals surface area contributed by atoms with Gasteiger partial charge in [0.15, 0.2) is 0 Å². The second-order valence-electron chi connectivity index (χ2n) is 8.67. The van der Waals surface area contributed by atoms with Gasteiger partial charge in [-0.25, -0.2) is 4.79 Å². The van der Waals surface area contributed by atoms with Crippen LogP contribution in [0.15, 0.2) is 24.3 Å². The molecule has 1 aliphatic carbocycles. The van der Waals surface area contributed by atoms with E-state index in [2.05, 4.69) is 10.6 Å². The number of urea groups is 1. The predicted molar refractivity (Wildman–Crippen MR) is 112 cm³/mol. The smallest absolute Gasteiger partial charge is 0.325 e. The summed E-state index contributed by atoms with van der Waals surface area (Å²) in [6.07, 6.45) is 2.81. The van der Waals surface area contributed by atoms with Crippen molar-refractivity contribution in [3.05, 3.63) is 29.8 Å². The van der Waals surface area contributed by atoms with Crippen LogP contribution in [0, 0.1) is 0 Å². The van der Waals surface area contributed by atoms with Crippen molar-refractivity contribution < 1.29 is 23.9 Å². The lowest BCUT2D eigenvalue weighted by Gasteiger charge is -2.35. The molecule has 4 rings (SSSR count). The molecule has 0 unspecified atom stereocenters. The van der Waals surface area contributed by atoms with E-state index in [1.165, 1.54) is 0 Å². The molecule has 1 aromatic rings. The van der Waals surface area contributed by atoms with Crippen molar-refractivity contribution >= 4 is 29.4 Å². The van der Waals surface area contributed by atoms with Crippen molar-refractivity contribution in [2.24, 2.45) is 0 Å². The molecule has 0 aromatic heterocycles. The normalized spacial score (nSPS) is 25.1. The number of amides is 5. The highest BCUT2D eigenvalue weighted by Crippen LogP contribution is 2.35. The Hall–Kier alpha value is -2.94. The van der Waals surface area contributed by atoms with Gasteiger partial charge in [0.05, 0.1) is 23.5 Å². The van der Waals surface area contributed by atoms with E-state index in [0.29, 0.717) is 37.2 Å². The molecule has 3 aliphatic rings. The first-order valence-electron chi connectivity index (χ1n) is 10.8. The molecule has 2 N–H and O–H groups in total. The van der Waals surface area contributed by atoms with Gasteiger partial charge in [-0.2, -0.15) is 0 Å². The number of carbonyl (C=O) groups excluding carboxylic acids is 4. The Morgan fingerprint density at radius 2 is 1.77 bits per heavy atom. The van der Waals surface area contributed by atoms with Crippen molar-refractivity contribution in [2.75, 3.05) is 25.0 Å². The first kappa shape index (κ1) is 21.3. The van der Waals surface area contributed by atoms with Crippen LogP contribution in [0.2, 0.25) is 0 Å². The van der Waals surface area contributed by atoms with Crippen LogP contribution >= 0.6 is 0 Å². The summed E-state index contributed by atoms with van der Waals surface area (Å²) in [6, 6.07) is 6.21. The van der Waals surface area contributed by atoms with Crippen LogP contribution in [-0.4, -0.2) is 70.9 Å². The lowest BCUT2D eigenvalue weighted by atomic mass is 9.98. The summed E-state index contributed by atoms with van der Waals surface area (Å²) in [5.74, 6) is -1.06. The molecule has 3 fully saturated rings. The largest absolute Gasteiger partial charge is 0.372 e. The second kappa shape index (κ2) is 8.30. The van der Waals surface area contributed by atoms with Gasteiger partial charge < -0.3 is 20.3 Å². The predicted octanol–water partition coefficient (Wildman–Crippen LogP) is 1.74. The Bertz CT molecular complexity index is 901. The SMILES string of the molecule is C[C@H]1CN(C(=O)c2ccccc2NC(=O)CN2C(=O)NC3(CCCC3)C2=O)C[C@H](C)O1. The number of ether oxygens (including phenoxy) is 1. The summed E-state index contributed by atoms with van der Waals surface area (Å²) in [4.78, 5) is 53.6. The molecule has 166 valence electrons. The van der Waals surface area contributed by atoms with Gasteiger partial charge in [-0.3, -0.25) is 19.3 Å². The van der Waals surface area contributed by atoms with Crippen molar-refractivity contribution in [3.8, 4) is 0 Å². The number of para-hydroxylation sites is 1. The van der Waals surface area contributed by atoms with Crippen molar-refractivity contribution in [1.29, 1.82) is 0 Å². The highest BCUT2D eigenvalue weighted by Gasteiger charge is 2.52. The molecule has 2 saturated heterocycles. The van der Waals surface area contributed by atoms with Gasteiger partial charge in [0.2, 0.25) is 5.91 Å². The molecular weight excluding hydrogens is 400 g/mol. The van der Waals surface area contributed by atoms with Gasteiger partial charge in [0.25, 0.3) is 11.8 Å². The fourth-order valence-electron chi connectivity index (χ4n) is 4.76. The fourth-order valence-corrected chi connectivity index (χ4v) is 4.76. The number of hydrogen-bond donors (Lipinski definition) is 2. The summed E-state index contributed by atoms with van der Waals surface area (Å²) < 4.78 is 5.69. The maximum atomic E-state index is 13.1. The van der Waals surface area contributed by atoms with Crippen LogP contribution in [0.25, 0.3) is 0 Å². The van der Waals surface area contributed by atoms with Crippen LogP contribution in [0.3, 0.4) is 0 Å². The van der Waals surface area contributed by atoms with Crippen LogP contribution in [-0.2, 0) is 14.3 Å². The number of carbonyl (C=O) groups is 4. The topological polar surface area (TPSA) is 108 Å². The van der Waals surface area contributed by atoms with Crippen molar-refractivity contribution in [2.45, 2.75) is 57.3 Å². The minimum atomic E-state index is -0.852. The molecule has 2 atom stereocenters. The van der Waals surface area contributed by atoms with E-state index in [0.717, 1.165) is 17.7 Å². The van der Waals surface area contributed by atoms with E-state index in [1.807, 2.05) is 13.8 Å². The van der Waals surface area contributed by atoms with Crippen LogP contribution in [0.5, 0.6) is 0 Å². The molecule has 1 spiro atoms. The number of anilines is 1. The van der Waals surface area contributed by atoms with Gasteiger partial charge in [-0.15, -0.1) is 0 Å². The summed E-state index contributed by atoms with van der Waals surface area (Å²) in [6.45, 7) is 4.38. The van der Waals surface area contributed by atoms with Gasteiger partial charge in [-0.05, 0) is 38.8 Å². The third-order valence-electron chi connectivity index (χ3n) is 6.14. The van der Waals surface area contributed by atoms with Crippen LogP contribution in [0.1, 0.15) is 49.9 Å². The zero-order valence-corrected chi connectivity index (χ0v) is 17.8. The molecule has 31 heavy (non-hydrogen) atoms. The number of nitrogens with one attached hydrogen (secondary N) is 2. The fraction of sp³-hybridized carbons (Fsp3) is 0.545. The van der Waals surface area contributed by atoms with Gasteiger partial charge in [0.1, 0.15) is 12.1 Å².